The van der Waals surface area contributed by atoms with Crippen molar-refractivity contribution in [1.82, 2.24) is 5.43 Å². The van der Waals surface area contributed by atoms with Gasteiger partial charge in [0.1, 0.15) is 11.5 Å². The smallest absolute Gasteiger partial charge is 0.387 e. The van der Waals surface area contributed by atoms with Gasteiger partial charge in [-0.25, -0.2) is 5.43 Å². The standard InChI is InChI=1S/C14H10F4N2O3S/c15-13(16)22-9-4-3-8(10(6-9)23-14(17)18)7-19-20-12(21)11-2-1-5-24-11/h1-7,13-14H,(H,20,21)/b19-7+. The van der Waals surface area contributed by atoms with E-state index >= 15 is 0 Å². The van der Waals surface area contributed by atoms with Crippen LogP contribution in [0.25, 0.3) is 0 Å². The summed E-state index contributed by atoms with van der Waals surface area (Å²) in [7, 11) is 0. The van der Waals surface area contributed by atoms with Crippen LogP contribution in [0.4, 0.5) is 17.6 Å². The molecule has 0 radical (unpaired) electrons. The van der Waals surface area contributed by atoms with Gasteiger partial charge < -0.3 is 9.47 Å². The third-order valence-electron chi connectivity index (χ3n) is 2.54. The van der Waals surface area contributed by atoms with Crippen LogP contribution in [-0.2, 0) is 0 Å². The fourth-order valence-electron chi connectivity index (χ4n) is 1.62. The monoisotopic (exact) mass is 362 g/mol. The molecule has 0 atom stereocenters. The second-order valence-electron chi connectivity index (χ2n) is 4.13. The lowest BCUT2D eigenvalue weighted by Crippen LogP contribution is -2.16. The van der Waals surface area contributed by atoms with Crippen molar-refractivity contribution in [1.29, 1.82) is 0 Å². The molecule has 0 saturated carbocycles. The molecule has 0 aliphatic heterocycles. The highest BCUT2D eigenvalue weighted by molar-refractivity contribution is 7.12. The minimum Gasteiger partial charge on any atom is -0.435 e. The number of alkyl halides is 4. The summed E-state index contributed by atoms with van der Waals surface area (Å²) in [6.45, 7) is -6.27. The molecule has 1 aromatic heterocycles. The first-order valence-corrected chi connectivity index (χ1v) is 7.24. The zero-order valence-electron chi connectivity index (χ0n) is 11.8. The van der Waals surface area contributed by atoms with Gasteiger partial charge in [-0.2, -0.15) is 22.7 Å². The van der Waals surface area contributed by atoms with Crippen LogP contribution in [-0.4, -0.2) is 25.3 Å². The first-order chi connectivity index (χ1) is 11.5. The van der Waals surface area contributed by atoms with Crippen molar-refractivity contribution in [3.05, 3.63) is 46.2 Å². The van der Waals surface area contributed by atoms with E-state index < -0.39 is 24.9 Å². The molecule has 0 saturated heterocycles. The lowest BCUT2D eigenvalue weighted by Gasteiger charge is -2.10. The highest BCUT2D eigenvalue weighted by Crippen LogP contribution is 2.26. The molecule has 1 aromatic carbocycles. The predicted molar refractivity (Wildman–Crippen MR) is 79.1 cm³/mol. The van der Waals surface area contributed by atoms with E-state index in [1.165, 1.54) is 17.4 Å². The van der Waals surface area contributed by atoms with E-state index in [9.17, 15) is 22.4 Å². The maximum Gasteiger partial charge on any atom is 0.387 e. The number of nitrogens with one attached hydrogen (secondary N) is 1. The number of rotatable bonds is 7. The van der Waals surface area contributed by atoms with Gasteiger partial charge in [0.25, 0.3) is 5.91 Å². The first-order valence-electron chi connectivity index (χ1n) is 6.36. The van der Waals surface area contributed by atoms with Gasteiger partial charge in [-0.05, 0) is 23.6 Å². The Balaban J connectivity index is 2.12. The molecule has 2 rings (SSSR count). The summed E-state index contributed by atoms with van der Waals surface area (Å²) < 4.78 is 57.5. The van der Waals surface area contributed by atoms with Crippen LogP contribution < -0.4 is 14.9 Å². The molecule has 1 N–H and O–H groups in total. The van der Waals surface area contributed by atoms with Crippen LogP contribution in [0.3, 0.4) is 0 Å². The number of amides is 1. The summed E-state index contributed by atoms with van der Waals surface area (Å²) in [5.41, 5.74) is 2.25. The Bertz CT molecular complexity index is 708. The molecule has 24 heavy (non-hydrogen) atoms. The van der Waals surface area contributed by atoms with Gasteiger partial charge in [0.2, 0.25) is 0 Å². The number of hydrogen-bond donors (Lipinski definition) is 1. The lowest BCUT2D eigenvalue weighted by molar-refractivity contribution is -0.0543. The third kappa shape index (κ3) is 5.23. The molecule has 0 unspecified atom stereocenters. The van der Waals surface area contributed by atoms with E-state index in [1.807, 2.05) is 0 Å². The van der Waals surface area contributed by atoms with E-state index in [-0.39, 0.29) is 11.3 Å². The number of halogens is 4. The number of thiophene rings is 1. The molecule has 2 aromatic rings. The molecule has 1 heterocycles. The number of carbonyl (C=O) groups is 1. The van der Waals surface area contributed by atoms with E-state index in [0.717, 1.165) is 18.3 Å². The van der Waals surface area contributed by atoms with Crippen molar-refractivity contribution in [2.75, 3.05) is 0 Å². The molecule has 5 nitrogen and oxygen atoms in total. The summed E-state index contributed by atoms with van der Waals surface area (Å²) in [6.07, 6.45) is 1.05. The zero-order chi connectivity index (χ0) is 17.5. The lowest BCUT2D eigenvalue weighted by atomic mass is 10.2. The van der Waals surface area contributed by atoms with Crippen LogP contribution in [0.5, 0.6) is 11.5 Å². The average Bonchev–Trinajstić information content (AvgIpc) is 3.02. The molecule has 0 bridgehead atoms. The van der Waals surface area contributed by atoms with Crippen molar-refractivity contribution < 1.29 is 31.8 Å². The zero-order valence-corrected chi connectivity index (χ0v) is 12.6. The van der Waals surface area contributed by atoms with Gasteiger partial charge in [-0.3, -0.25) is 4.79 Å². The van der Waals surface area contributed by atoms with E-state index in [0.29, 0.717) is 4.88 Å². The Kier molecular flexibility index (Phi) is 6.13. The van der Waals surface area contributed by atoms with Gasteiger partial charge >= 0.3 is 13.2 Å². The van der Waals surface area contributed by atoms with Gasteiger partial charge in [-0.1, -0.05) is 6.07 Å². The van der Waals surface area contributed by atoms with Crippen LogP contribution >= 0.6 is 11.3 Å². The second kappa shape index (κ2) is 8.29. The Morgan fingerprint density at radius 2 is 1.92 bits per heavy atom. The molecule has 128 valence electrons. The Labute approximate surface area is 137 Å². The normalized spacial score (nSPS) is 11.2. The summed E-state index contributed by atoms with van der Waals surface area (Å²) in [6, 6.07) is 6.46. The van der Waals surface area contributed by atoms with Crippen molar-refractivity contribution >= 4 is 23.5 Å². The Morgan fingerprint density at radius 1 is 1.17 bits per heavy atom. The van der Waals surface area contributed by atoms with Crippen LogP contribution in [0, 0.1) is 0 Å². The average molecular weight is 362 g/mol. The van der Waals surface area contributed by atoms with Gasteiger partial charge in [-0.15, -0.1) is 11.3 Å². The molecule has 0 fully saturated rings. The van der Waals surface area contributed by atoms with Gasteiger partial charge in [0.15, 0.2) is 0 Å². The summed E-state index contributed by atoms with van der Waals surface area (Å²) >= 11 is 1.20. The van der Waals surface area contributed by atoms with E-state index in [1.54, 1.807) is 17.5 Å². The van der Waals surface area contributed by atoms with Gasteiger partial charge in [0.05, 0.1) is 11.1 Å². The summed E-state index contributed by atoms with van der Waals surface area (Å²) in [5.74, 6) is -1.24. The van der Waals surface area contributed by atoms with Crippen LogP contribution in [0.2, 0.25) is 0 Å². The number of hydrogen-bond acceptors (Lipinski definition) is 5. The fraction of sp³-hybridized carbons (Fsp3) is 0.143. The number of ether oxygens (including phenoxy) is 2. The summed E-state index contributed by atoms with van der Waals surface area (Å²) in [5, 5.41) is 5.33. The fourth-order valence-corrected chi connectivity index (χ4v) is 2.23. The van der Waals surface area contributed by atoms with Crippen LogP contribution in [0.1, 0.15) is 15.2 Å². The molecular formula is C14H10F4N2O3S. The highest BCUT2D eigenvalue weighted by atomic mass is 32.1. The maximum absolute atomic E-state index is 12.4. The first kappa shape index (κ1) is 17.7. The van der Waals surface area contributed by atoms with E-state index in [2.05, 4.69) is 20.0 Å². The topological polar surface area (TPSA) is 59.9 Å². The largest absolute Gasteiger partial charge is 0.435 e. The third-order valence-corrected chi connectivity index (χ3v) is 3.41. The number of hydrazone groups is 1. The quantitative estimate of drug-likeness (QED) is 0.464. The van der Waals surface area contributed by atoms with E-state index in [4.69, 9.17) is 0 Å². The molecule has 0 aliphatic rings. The number of carbonyl (C=O) groups excluding carboxylic acids is 1. The van der Waals surface area contributed by atoms with Crippen molar-refractivity contribution in [3.63, 3.8) is 0 Å². The van der Waals surface area contributed by atoms with Gasteiger partial charge in [0, 0.05) is 11.6 Å². The Hall–Kier alpha value is -2.62. The minimum atomic E-state index is -3.17. The molecule has 0 aliphatic carbocycles. The number of nitrogens with zero attached hydrogens (tertiary/aromatic N) is 1. The predicted octanol–water partition coefficient (Wildman–Crippen LogP) is 3.71. The molecule has 0 spiro atoms. The summed E-state index contributed by atoms with van der Waals surface area (Å²) in [4.78, 5) is 12.1. The second-order valence-corrected chi connectivity index (χ2v) is 5.08. The highest BCUT2D eigenvalue weighted by Gasteiger charge is 2.13. The van der Waals surface area contributed by atoms with Crippen molar-refractivity contribution in [2.24, 2.45) is 5.10 Å². The molecule has 10 heteroatoms. The molecular weight excluding hydrogens is 352 g/mol. The van der Waals surface area contributed by atoms with Crippen molar-refractivity contribution in [2.45, 2.75) is 13.2 Å². The SMILES string of the molecule is O=C(N/N=C/c1ccc(OC(F)F)cc1OC(F)F)c1cccs1. The van der Waals surface area contributed by atoms with Crippen molar-refractivity contribution in [3.8, 4) is 11.5 Å². The Morgan fingerprint density at radius 3 is 2.54 bits per heavy atom. The molecule has 1 amide bonds. The maximum atomic E-state index is 12.4. The van der Waals surface area contributed by atoms with Crippen LogP contribution in [0.15, 0.2) is 40.8 Å². The minimum absolute atomic E-state index is 0.0448. The number of benzene rings is 1.